The van der Waals surface area contributed by atoms with Crippen molar-refractivity contribution in [2.75, 3.05) is 0 Å². The largest absolute Gasteiger partial charge is 0.619 e. The molecular weight excluding hydrogens is 244 g/mol. The van der Waals surface area contributed by atoms with E-state index in [2.05, 4.69) is 0 Å². The van der Waals surface area contributed by atoms with Crippen molar-refractivity contribution in [3.05, 3.63) is 70.7 Å². The maximum absolute atomic E-state index is 11.7. The van der Waals surface area contributed by atoms with Gasteiger partial charge in [-0.05, 0) is 17.7 Å². The number of pyridine rings is 1. The van der Waals surface area contributed by atoms with Crippen LogP contribution in [0.3, 0.4) is 0 Å². The number of rotatable bonds is 3. The fourth-order valence-electron chi connectivity index (χ4n) is 1.51. The molecule has 2 rings (SSSR count). The number of aromatic nitrogens is 1. The summed E-state index contributed by atoms with van der Waals surface area (Å²) >= 11 is 0. The Bertz CT molecular complexity index is 630. The third kappa shape index (κ3) is 3.30. The van der Waals surface area contributed by atoms with Gasteiger partial charge in [0.15, 0.2) is 12.4 Å². The van der Waals surface area contributed by atoms with E-state index in [0.29, 0.717) is 15.9 Å². The quantitative estimate of drug-likeness (QED) is 0.473. The van der Waals surface area contributed by atoms with Crippen LogP contribution < -0.4 is 4.73 Å². The Balaban J connectivity index is 2.00. The molecular formula is C14H10N2O3. The molecule has 94 valence electrons. The normalized spacial score (nSPS) is 9.63. The lowest BCUT2D eigenvalue weighted by Gasteiger charge is -2.05. The van der Waals surface area contributed by atoms with Gasteiger partial charge >= 0.3 is 5.97 Å². The Labute approximate surface area is 109 Å². The Kier molecular flexibility index (Phi) is 3.74. The van der Waals surface area contributed by atoms with E-state index in [1.807, 2.05) is 6.07 Å². The van der Waals surface area contributed by atoms with E-state index >= 15 is 0 Å². The first-order valence-electron chi connectivity index (χ1n) is 5.54. The van der Waals surface area contributed by atoms with E-state index in [1.165, 1.54) is 24.5 Å². The monoisotopic (exact) mass is 254 g/mol. The minimum absolute atomic E-state index is 0.0840. The van der Waals surface area contributed by atoms with Crippen molar-refractivity contribution in [2.45, 2.75) is 6.61 Å². The van der Waals surface area contributed by atoms with E-state index in [-0.39, 0.29) is 6.61 Å². The number of carbonyl (C=O) groups is 1. The Morgan fingerprint density at radius 3 is 2.74 bits per heavy atom. The molecule has 5 nitrogen and oxygen atoms in total. The van der Waals surface area contributed by atoms with Crippen LogP contribution >= 0.6 is 0 Å². The highest BCUT2D eigenvalue weighted by molar-refractivity contribution is 5.88. The van der Waals surface area contributed by atoms with E-state index in [0.717, 1.165) is 5.56 Å². The average molecular weight is 254 g/mol. The first kappa shape index (κ1) is 12.6. The van der Waals surface area contributed by atoms with E-state index < -0.39 is 5.97 Å². The molecule has 2 aromatic rings. The molecule has 0 saturated carbocycles. The summed E-state index contributed by atoms with van der Waals surface area (Å²) in [7, 11) is 0. The second-order valence-corrected chi connectivity index (χ2v) is 3.84. The number of ether oxygens (including phenoxy) is 1. The van der Waals surface area contributed by atoms with E-state index in [4.69, 9.17) is 10.00 Å². The number of hydrogen-bond acceptors (Lipinski definition) is 4. The summed E-state index contributed by atoms with van der Waals surface area (Å²) in [5.41, 5.74) is 1.56. The molecule has 0 bridgehead atoms. The van der Waals surface area contributed by atoms with Crippen LogP contribution in [0.2, 0.25) is 0 Å². The molecule has 0 aliphatic heterocycles. The molecule has 0 unspecified atom stereocenters. The first-order valence-corrected chi connectivity index (χ1v) is 5.54. The molecule has 0 N–H and O–H groups in total. The topological polar surface area (TPSA) is 77.0 Å². The zero-order valence-corrected chi connectivity index (χ0v) is 9.95. The summed E-state index contributed by atoms with van der Waals surface area (Å²) in [6.07, 6.45) is 2.46. The molecule has 0 fully saturated rings. The number of hydrogen-bond donors (Lipinski definition) is 0. The molecule has 0 amide bonds. The van der Waals surface area contributed by atoms with Gasteiger partial charge in [-0.2, -0.15) is 9.99 Å². The highest BCUT2D eigenvalue weighted by atomic mass is 16.5. The standard InChI is InChI=1S/C14H10N2O3/c15-9-11-2-1-3-12(8-11)10-19-14(17)13-4-6-16(18)7-5-13/h1-8H,10H2. The lowest BCUT2D eigenvalue weighted by atomic mass is 10.1. The summed E-state index contributed by atoms with van der Waals surface area (Å²) in [6, 6.07) is 11.6. The highest BCUT2D eigenvalue weighted by Gasteiger charge is 2.08. The van der Waals surface area contributed by atoms with E-state index in [1.54, 1.807) is 24.3 Å². The first-order chi connectivity index (χ1) is 9.19. The molecule has 1 aromatic carbocycles. The van der Waals surface area contributed by atoms with Crippen LogP contribution in [0.1, 0.15) is 21.5 Å². The Morgan fingerprint density at radius 1 is 1.32 bits per heavy atom. The van der Waals surface area contributed by atoms with Crippen molar-refractivity contribution in [3.8, 4) is 6.07 Å². The van der Waals surface area contributed by atoms with Crippen molar-refractivity contribution in [1.29, 1.82) is 5.26 Å². The lowest BCUT2D eigenvalue weighted by molar-refractivity contribution is -0.605. The lowest BCUT2D eigenvalue weighted by Crippen LogP contribution is -2.24. The summed E-state index contributed by atoms with van der Waals surface area (Å²) in [6.45, 7) is 0.0840. The Morgan fingerprint density at radius 2 is 2.05 bits per heavy atom. The van der Waals surface area contributed by atoms with Crippen LogP contribution in [0.25, 0.3) is 0 Å². The molecule has 1 heterocycles. The van der Waals surface area contributed by atoms with Crippen LogP contribution in [0.15, 0.2) is 48.8 Å². The molecule has 0 radical (unpaired) electrons. The van der Waals surface area contributed by atoms with Crippen molar-refractivity contribution in [2.24, 2.45) is 0 Å². The second-order valence-electron chi connectivity index (χ2n) is 3.84. The fraction of sp³-hybridized carbons (Fsp3) is 0.0714. The molecule has 19 heavy (non-hydrogen) atoms. The number of esters is 1. The van der Waals surface area contributed by atoms with Gasteiger partial charge < -0.3 is 9.94 Å². The van der Waals surface area contributed by atoms with Crippen LogP contribution in [0.5, 0.6) is 0 Å². The van der Waals surface area contributed by atoms with Gasteiger partial charge in [-0.3, -0.25) is 0 Å². The van der Waals surface area contributed by atoms with Gasteiger partial charge in [-0.1, -0.05) is 12.1 Å². The number of nitrogens with zero attached hydrogens (tertiary/aromatic N) is 2. The van der Waals surface area contributed by atoms with Crippen molar-refractivity contribution in [3.63, 3.8) is 0 Å². The SMILES string of the molecule is N#Cc1cccc(COC(=O)c2cc[n+]([O-])cc2)c1. The summed E-state index contributed by atoms with van der Waals surface area (Å²) in [5, 5.41) is 19.6. The predicted octanol–water partition coefficient (Wildman–Crippen LogP) is 1.55. The zero-order valence-electron chi connectivity index (χ0n) is 9.95. The second kappa shape index (κ2) is 5.65. The van der Waals surface area contributed by atoms with Crippen LogP contribution in [0, 0.1) is 16.5 Å². The van der Waals surface area contributed by atoms with Crippen LogP contribution in [-0.2, 0) is 11.3 Å². The highest BCUT2D eigenvalue weighted by Crippen LogP contribution is 2.07. The molecule has 0 aliphatic rings. The summed E-state index contributed by atoms with van der Waals surface area (Å²) < 4.78 is 5.68. The molecule has 5 heteroatoms. The van der Waals surface area contributed by atoms with Crippen molar-refractivity contribution in [1.82, 2.24) is 0 Å². The third-order valence-corrected chi connectivity index (χ3v) is 2.46. The maximum atomic E-state index is 11.7. The van der Waals surface area contributed by atoms with Crippen LogP contribution in [0.4, 0.5) is 0 Å². The average Bonchev–Trinajstić information content (AvgIpc) is 2.46. The molecule has 1 aromatic heterocycles. The van der Waals surface area contributed by atoms with E-state index in [9.17, 15) is 10.0 Å². The van der Waals surface area contributed by atoms with Gasteiger partial charge in [-0.25, -0.2) is 4.79 Å². The fourth-order valence-corrected chi connectivity index (χ4v) is 1.51. The van der Waals surface area contributed by atoms with Crippen molar-refractivity contribution < 1.29 is 14.3 Å². The predicted molar refractivity (Wildman–Crippen MR) is 65.7 cm³/mol. The molecule has 0 aliphatic carbocycles. The Hall–Kier alpha value is -2.87. The van der Waals surface area contributed by atoms with Gasteiger partial charge in [0.05, 0.1) is 17.2 Å². The molecule has 0 saturated heterocycles. The van der Waals surface area contributed by atoms with Gasteiger partial charge in [-0.15, -0.1) is 0 Å². The zero-order chi connectivity index (χ0) is 13.7. The molecule has 0 spiro atoms. The summed E-state index contributed by atoms with van der Waals surface area (Å²) in [5.74, 6) is -0.511. The molecule has 0 atom stereocenters. The van der Waals surface area contributed by atoms with Crippen LogP contribution in [-0.4, -0.2) is 5.97 Å². The van der Waals surface area contributed by atoms with Crippen molar-refractivity contribution >= 4 is 5.97 Å². The number of benzene rings is 1. The van der Waals surface area contributed by atoms with Gasteiger partial charge in [0.1, 0.15) is 6.61 Å². The van der Waals surface area contributed by atoms with Gasteiger partial charge in [0.2, 0.25) is 0 Å². The third-order valence-electron chi connectivity index (χ3n) is 2.46. The van der Waals surface area contributed by atoms with Gasteiger partial charge in [0, 0.05) is 12.1 Å². The number of carbonyl (C=O) groups excluding carboxylic acids is 1. The minimum Gasteiger partial charge on any atom is -0.619 e. The summed E-state index contributed by atoms with van der Waals surface area (Å²) in [4.78, 5) is 11.7. The van der Waals surface area contributed by atoms with Gasteiger partial charge in [0.25, 0.3) is 0 Å². The number of nitriles is 1. The maximum Gasteiger partial charge on any atom is 0.338 e. The minimum atomic E-state index is -0.511. The smallest absolute Gasteiger partial charge is 0.338 e.